The molecule has 3 aromatic rings. The second kappa shape index (κ2) is 7.50. The lowest BCUT2D eigenvalue weighted by molar-refractivity contribution is 0.103. The number of aromatic nitrogens is 1. The van der Waals surface area contributed by atoms with Crippen LogP contribution in [0.3, 0.4) is 0 Å². The van der Waals surface area contributed by atoms with Gasteiger partial charge < -0.3 is 14.8 Å². The van der Waals surface area contributed by atoms with E-state index in [1.807, 2.05) is 12.1 Å². The Kier molecular flexibility index (Phi) is 4.87. The predicted molar refractivity (Wildman–Crippen MR) is 129 cm³/mol. The van der Waals surface area contributed by atoms with E-state index in [-0.39, 0.29) is 11.2 Å². The van der Waals surface area contributed by atoms with Gasteiger partial charge in [-0.25, -0.2) is 0 Å². The van der Waals surface area contributed by atoms with Crippen LogP contribution in [0, 0.1) is 11.3 Å². The minimum Gasteiger partial charge on any atom is -0.369 e. The fourth-order valence-corrected chi connectivity index (χ4v) is 5.46. The molecule has 1 saturated heterocycles. The Labute approximate surface area is 189 Å². The van der Waals surface area contributed by atoms with Crippen molar-refractivity contribution in [1.29, 1.82) is 5.26 Å². The number of nitriles is 1. The van der Waals surface area contributed by atoms with E-state index in [2.05, 4.69) is 60.7 Å². The summed E-state index contributed by atoms with van der Waals surface area (Å²) < 4.78 is 0. The Morgan fingerprint density at radius 2 is 1.84 bits per heavy atom. The maximum absolute atomic E-state index is 13.8. The van der Waals surface area contributed by atoms with Gasteiger partial charge in [-0.3, -0.25) is 4.79 Å². The molecule has 2 aliphatic rings. The minimum atomic E-state index is -0.337. The number of carbonyl (C=O) groups is 1. The van der Waals surface area contributed by atoms with E-state index < -0.39 is 0 Å². The summed E-state index contributed by atoms with van der Waals surface area (Å²) in [4.78, 5) is 22.2. The molecule has 0 amide bonds. The van der Waals surface area contributed by atoms with Crippen molar-refractivity contribution < 1.29 is 4.79 Å². The van der Waals surface area contributed by atoms with Crippen LogP contribution >= 0.6 is 0 Å². The first-order valence-corrected chi connectivity index (χ1v) is 11.6. The third-order valence-electron chi connectivity index (χ3n) is 7.46. The van der Waals surface area contributed by atoms with E-state index in [0.29, 0.717) is 5.56 Å². The summed E-state index contributed by atoms with van der Waals surface area (Å²) in [6.45, 7) is 14.1. The van der Waals surface area contributed by atoms with Gasteiger partial charge in [0.25, 0.3) is 0 Å². The number of piperazine rings is 1. The molecule has 0 radical (unpaired) electrons. The maximum Gasteiger partial charge on any atom is 0.195 e. The van der Waals surface area contributed by atoms with Gasteiger partial charge in [0.05, 0.1) is 17.2 Å². The fourth-order valence-electron chi connectivity index (χ4n) is 5.46. The van der Waals surface area contributed by atoms with Crippen molar-refractivity contribution in [1.82, 2.24) is 9.88 Å². The van der Waals surface area contributed by atoms with Gasteiger partial charge >= 0.3 is 0 Å². The minimum absolute atomic E-state index is 0.0855. The number of nitrogens with one attached hydrogen (secondary N) is 1. The van der Waals surface area contributed by atoms with Crippen LogP contribution in [0.1, 0.15) is 66.0 Å². The number of ketones is 1. The first-order chi connectivity index (χ1) is 15.4. The lowest BCUT2D eigenvalue weighted by atomic mass is 9.70. The zero-order chi connectivity index (χ0) is 22.6. The van der Waals surface area contributed by atoms with Crippen LogP contribution < -0.4 is 4.90 Å². The molecule has 1 aliphatic heterocycles. The Bertz CT molecular complexity index is 1270. The van der Waals surface area contributed by atoms with E-state index in [1.54, 1.807) is 6.07 Å². The number of H-pyrrole nitrogens is 1. The van der Waals surface area contributed by atoms with Crippen LogP contribution in [0.5, 0.6) is 0 Å². The van der Waals surface area contributed by atoms with Crippen LogP contribution in [-0.2, 0) is 11.8 Å². The first-order valence-electron chi connectivity index (χ1n) is 11.6. The van der Waals surface area contributed by atoms with Crippen molar-refractivity contribution in [3.05, 3.63) is 63.8 Å². The van der Waals surface area contributed by atoms with Gasteiger partial charge in [0.1, 0.15) is 0 Å². The molecular weight excluding hydrogens is 396 g/mol. The third kappa shape index (κ3) is 2.97. The van der Waals surface area contributed by atoms with Crippen molar-refractivity contribution in [2.45, 2.75) is 39.5 Å². The van der Waals surface area contributed by atoms with E-state index in [1.165, 1.54) is 11.3 Å². The molecule has 2 heterocycles. The molecule has 0 saturated carbocycles. The summed E-state index contributed by atoms with van der Waals surface area (Å²) in [5.41, 5.74) is 7.25. The summed E-state index contributed by atoms with van der Waals surface area (Å²) in [5, 5.41) is 10.2. The van der Waals surface area contributed by atoms with Crippen molar-refractivity contribution in [3.8, 4) is 6.07 Å². The van der Waals surface area contributed by atoms with E-state index in [4.69, 9.17) is 0 Å². The van der Waals surface area contributed by atoms with Gasteiger partial charge in [-0.2, -0.15) is 5.26 Å². The number of benzene rings is 2. The van der Waals surface area contributed by atoms with Crippen LogP contribution in [0.4, 0.5) is 5.69 Å². The molecule has 0 unspecified atom stereocenters. The lowest BCUT2D eigenvalue weighted by Gasteiger charge is -2.39. The molecule has 5 nitrogen and oxygen atoms in total. The third-order valence-corrected chi connectivity index (χ3v) is 7.46. The van der Waals surface area contributed by atoms with Crippen LogP contribution in [0.15, 0.2) is 30.3 Å². The summed E-state index contributed by atoms with van der Waals surface area (Å²) in [7, 11) is 0. The van der Waals surface area contributed by atoms with Gasteiger partial charge in [-0.15, -0.1) is 0 Å². The average molecular weight is 427 g/mol. The number of rotatable bonds is 3. The first kappa shape index (κ1) is 20.8. The van der Waals surface area contributed by atoms with Crippen LogP contribution in [0.25, 0.3) is 10.9 Å². The predicted octanol–water partition coefficient (Wildman–Crippen LogP) is 4.61. The second-order valence-corrected chi connectivity index (χ2v) is 9.50. The summed E-state index contributed by atoms with van der Waals surface area (Å²) in [6, 6.07) is 12.2. The van der Waals surface area contributed by atoms with Crippen molar-refractivity contribution in [3.63, 3.8) is 0 Å². The quantitative estimate of drug-likeness (QED) is 0.664. The molecule has 5 rings (SSSR count). The highest BCUT2D eigenvalue weighted by Crippen LogP contribution is 2.45. The number of likely N-dealkylation sites (N-methyl/N-ethyl adjacent to an activating group) is 1. The molecule has 1 aromatic heterocycles. The van der Waals surface area contributed by atoms with Gasteiger partial charge in [0.15, 0.2) is 5.78 Å². The maximum atomic E-state index is 13.8. The summed E-state index contributed by atoms with van der Waals surface area (Å²) in [5.74, 6) is 0.0855. The molecule has 32 heavy (non-hydrogen) atoms. The highest BCUT2D eigenvalue weighted by molar-refractivity contribution is 6.20. The van der Waals surface area contributed by atoms with E-state index in [0.717, 1.165) is 72.4 Å². The van der Waals surface area contributed by atoms with E-state index >= 15 is 0 Å². The molecule has 0 bridgehead atoms. The number of hydrogen-bond acceptors (Lipinski definition) is 4. The number of fused-ring (bicyclic) bond motifs is 4. The van der Waals surface area contributed by atoms with Gasteiger partial charge in [0.2, 0.25) is 0 Å². The summed E-state index contributed by atoms with van der Waals surface area (Å²) in [6.07, 6.45) is 0.899. The molecular formula is C27H30N4O. The van der Waals surface area contributed by atoms with Crippen molar-refractivity contribution in [2.75, 3.05) is 37.6 Å². The molecule has 1 fully saturated rings. The number of aromatic amines is 1. The second-order valence-electron chi connectivity index (χ2n) is 9.50. The highest BCUT2D eigenvalue weighted by Gasteiger charge is 2.40. The normalized spacial score (nSPS) is 17.8. The zero-order valence-electron chi connectivity index (χ0n) is 19.4. The fraction of sp³-hybridized carbons (Fsp3) is 0.407. The molecule has 2 aromatic carbocycles. The van der Waals surface area contributed by atoms with Gasteiger partial charge in [-0.05, 0) is 48.4 Å². The molecule has 1 aliphatic carbocycles. The molecule has 164 valence electrons. The highest BCUT2D eigenvalue weighted by atomic mass is 16.1. The molecule has 0 spiro atoms. The molecule has 1 N–H and O–H groups in total. The number of anilines is 1. The average Bonchev–Trinajstić information content (AvgIpc) is 3.22. The molecule has 0 atom stereocenters. The number of nitrogens with zero attached hydrogens (tertiary/aromatic N) is 3. The van der Waals surface area contributed by atoms with Gasteiger partial charge in [-0.1, -0.05) is 33.8 Å². The smallest absolute Gasteiger partial charge is 0.195 e. The number of carbonyl (C=O) groups excluding carboxylic acids is 1. The number of aryl methyl sites for hydroxylation is 1. The van der Waals surface area contributed by atoms with Gasteiger partial charge in [0, 0.05) is 59.4 Å². The monoisotopic (exact) mass is 426 g/mol. The zero-order valence-corrected chi connectivity index (χ0v) is 19.4. The van der Waals surface area contributed by atoms with Crippen molar-refractivity contribution in [2.24, 2.45) is 0 Å². The Hall–Kier alpha value is -3.10. The van der Waals surface area contributed by atoms with Crippen LogP contribution in [0.2, 0.25) is 0 Å². The summed E-state index contributed by atoms with van der Waals surface area (Å²) >= 11 is 0. The lowest BCUT2D eigenvalue weighted by Crippen LogP contribution is -2.46. The number of hydrogen-bond donors (Lipinski definition) is 1. The topological polar surface area (TPSA) is 63.1 Å². The Morgan fingerprint density at radius 3 is 2.50 bits per heavy atom. The Balaban J connectivity index is 1.66. The standard InChI is InChI=1S/C27H30N4O/c1-5-18-14-20-21(15-23(18)31-11-9-30(6-2)10-12-31)27(3,4)26-24(25(20)32)19-8-7-17(16-28)13-22(19)29-26/h7-8,13-15,29H,5-6,9-12H2,1-4H3. The van der Waals surface area contributed by atoms with Crippen LogP contribution in [-0.4, -0.2) is 48.4 Å². The Morgan fingerprint density at radius 1 is 1.09 bits per heavy atom. The van der Waals surface area contributed by atoms with Crippen molar-refractivity contribution >= 4 is 22.4 Å². The van der Waals surface area contributed by atoms with E-state index in [9.17, 15) is 10.1 Å². The SMILES string of the molecule is CCc1cc2c(cc1N1CCN(CC)CC1)C(C)(C)c1[nH]c3cc(C#N)ccc3c1C2=O. The molecule has 5 heteroatoms. The largest absolute Gasteiger partial charge is 0.369 e.